The Morgan fingerprint density at radius 1 is 1.18 bits per heavy atom. The van der Waals surface area contributed by atoms with Gasteiger partial charge in [-0.15, -0.1) is 21.5 Å². The largest absolute Gasteiger partial charge is 0.308 e. The monoisotopic (exact) mass is 406 g/mol. The molecule has 0 amide bonds. The minimum atomic E-state index is 0.594. The van der Waals surface area contributed by atoms with Crippen LogP contribution in [0.4, 0.5) is 0 Å². The number of nitriles is 1. The van der Waals surface area contributed by atoms with Crippen molar-refractivity contribution >= 4 is 23.1 Å². The van der Waals surface area contributed by atoms with E-state index in [1.807, 2.05) is 41.9 Å². The Hall–Kier alpha value is -2.89. The highest BCUT2D eigenvalue weighted by atomic mass is 32.2. The summed E-state index contributed by atoms with van der Waals surface area (Å²) in [7, 11) is 0. The van der Waals surface area contributed by atoms with E-state index in [0.29, 0.717) is 11.3 Å². The summed E-state index contributed by atoms with van der Waals surface area (Å²) in [6.45, 7) is 2.70. The molecule has 28 heavy (non-hydrogen) atoms. The van der Waals surface area contributed by atoms with Crippen molar-refractivity contribution in [2.45, 2.75) is 30.8 Å². The minimum absolute atomic E-state index is 0.594. The highest BCUT2D eigenvalue weighted by Gasteiger charge is 2.17. The molecule has 0 N–H and O–H groups in total. The summed E-state index contributed by atoms with van der Waals surface area (Å²) in [6.07, 6.45) is 2.72. The molecule has 4 rings (SSSR count). The van der Waals surface area contributed by atoms with Crippen molar-refractivity contribution in [1.82, 2.24) is 24.5 Å². The van der Waals surface area contributed by atoms with Crippen LogP contribution in [0.25, 0.3) is 5.69 Å². The van der Waals surface area contributed by atoms with Gasteiger partial charge in [-0.25, -0.2) is 4.68 Å². The lowest BCUT2D eigenvalue weighted by atomic mass is 10.2. The normalized spacial score (nSPS) is 10.9. The zero-order valence-electron chi connectivity index (χ0n) is 15.3. The van der Waals surface area contributed by atoms with Gasteiger partial charge < -0.3 is 4.57 Å². The molecule has 0 saturated heterocycles. The molecule has 0 saturated carbocycles. The first-order chi connectivity index (χ1) is 13.8. The van der Waals surface area contributed by atoms with Gasteiger partial charge in [-0.1, -0.05) is 36.0 Å². The van der Waals surface area contributed by atoms with Gasteiger partial charge in [0.2, 0.25) is 0 Å². The molecule has 0 aliphatic heterocycles. The van der Waals surface area contributed by atoms with Gasteiger partial charge in [0.05, 0.1) is 22.6 Å². The van der Waals surface area contributed by atoms with Gasteiger partial charge in [0, 0.05) is 17.2 Å². The molecule has 0 bridgehead atoms. The number of benzene rings is 1. The summed E-state index contributed by atoms with van der Waals surface area (Å²) in [5.41, 5.74) is 3.19. The van der Waals surface area contributed by atoms with Gasteiger partial charge in [-0.3, -0.25) is 0 Å². The fourth-order valence-corrected chi connectivity index (χ4v) is 4.60. The first kappa shape index (κ1) is 18.5. The number of rotatable bonds is 7. The fraction of sp³-hybridized carbons (Fsp3) is 0.200. The Labute approximate surface area is 171 Å². The fourth-order valence-electron chi connectivity index (χ4n) is 2.96. The molecular weight excluding hydrogens is 388 g/mol. The van der Waals surface area contributed by atoms with E-state index < -0.39 is 0 Å². The maximum atomic E-state index is 9.62. The quantitative estimate of drug-likeness (QED) is 0.429. The van der Waals surface area contributed by atoms with E-state index in [-0.39, 0.29) is 0 Å². The van der Waals surface area contributed by atoms with E-state index in [1.165, 1.54) is 4.88 Å². The second-order valence-electron chi connectivity index (χ2n) is 6.19. The number of nitrogens with zero attached hydrogens (tertiary/aromatic N) is 6. The van der Waals surface area contributed by atoms with Gasteiger partial charge in [-0.05, 0) is 36.9 Å². The molecule has 140 valence electrons. The number of hydrogen-bond donors (Lipinski definition) is 0. The Morgan fingerprint density at radius 2 is 2.04 bits per heavy atom. The third kappa shape index (κ3) is 3.86. The molecular formula is C20H18N6S2. The predicted octanol–water partition coefficient (Wildman–Crippen LogP) is 4.24. The molecule has 0 atom stereocenters. The third-order valence-electron chi connectivity index (χ3n) is 4.37. The van der Waals surface area contributed by atoms with E-state index in [2.05, 4.69) is 43.4 Å². The molecule has 6 nitrogen and oxygen atoms in total. The van der Waals surface area contributed by atoms with Gasteiger partial charge >= 0.3 is 0 Å². The minimum Gasteiger partial charge on any atom is -0.308 e. The van der Waals surface area contributed by atoms with Crippen LogP contribution < -0.4 is 0 Å². The van der Waals surface area contributed by atoms with Crippen LogP contribution in [0.3, 0.4) is 0 Å². The number of hydrogen-bond acceptors (Lipinski definition) is 6. The number of para-hydroxylation sites is 1. The van der Waals surface area contributed by atoms with E-state index in [9.17, 15) is 5.26 Å². The van der Waals surface area contributed by atoms with Crippen LogP contribution in [0, 0.1) is 18.3 Å². The molecule has 3 heterocycles. The predicted molar refractivity (Wildman–Crippen MR) is 111 cm³/mol. The molecule has 0 aliphatic rings. The van der Waals surface area contributed by atoms with Crippen LogP contribution in [-0.4, -0.2) is 24.5 Å². The van der Waals surface area contributed by atoms with Crippen molar-refractivity contribution < 1.29 is 0 Å². The topological polar surface area (TPSA) is 72.3 Å². The summed E-state index contributed by atoms with van der Waals surface area (Å²) in [5, 5.41) is 25.5. The molecule has 4 aromatic rings. The Balaban J connectivity index is 1.54. The van der Waals surface area contributed by atoms with Crippen molar-refractivity contribution in [3.05, 3.63) is 76.0 Å². The van der Waals surface area contributed by atoms with Crippen molar-refractivity contribution in [1.29, 1.82) is 5.26 Å². The van der Waals surface area contributed by atoms with Crippen molar-refractivity contribution in [2.24, 2.45) is 0 Å². The van der Waals surface area contributed by atoms with E-state index in [1.54, 1.807) is 29.4 Å². The lowest BCUT2D eigenvalue weighted by Crippen LogP contribution is -2.04. The summed E-state index contributed by atoms with van der Waals surface area (Å²) < 4.78 is 3.92. The molecule has 0 aliphatic carbocycles. The second-order valence-corrected chi connectivity index (χ2v) is 8.17. The average molecular weight is 407 g/mol. The highest BCUT2D eigenvalue weighted by Crippen LogP contribution is 2.26. The lowest BCUT2D eigenvalue weighted by Gasteiger charge is -2.08. The SMILES string of the molecule is Cc1nn(-c2ccccc2)c(CSc2nncn2CCc2cccs2)c1C#N. The molecule has 0 unspecified atom stereocenters. The number of thioether (sulfide) groups is 1. The van der Waals surface area contributed by atoms with Gasteiger partial charge in [-0.2, -0.15) is 10.4 Å². The first-order valence-electron chi connectivity index (χ1n) is 8.83. The summed E-state index contributed by atoms with van der Waals surface area (Å²) in [5.74, 6) is 0.594. The molecule has 1 aromatic carbocycles. The Kier molecular flexibility index (Phi) is 5.55. The van der Waals surface area contributed by atoms with Crippen molar-refractivity contribution in [3.8, 4) is 11.8 Å². The number of thiophene rings is 1. The molecule has 8 heteroatoms. The third-order valence-corrected chi connectivity index (χ3v) is 6.29. The zero-order valence-corrected chi connectivity index (χ0v) is 17.0. The Morgan fingerprint density at radius 3 is 2.79 bits per heavy atom. The van der Waals surface area contributed by atoms with Crippen LogP contribution >= 0.6 is 23.1 Å². The molecule has 0 spiro atoms. The van der Waals surface area contributed by atoms with Crippen molar-refractivity contribution in [2.75, 3.05) is 0 Å². The van der Waals surface area contributed by atoms with Gasteiger partial charge in [0.1, 0.15) is 12.4 Å². The van der Waals surface area contributed by atoms with Crippen LogP contribution in [0.5, 0.6) is 0 Å². The van der Waals surface area contributed by atoms with Crippen LogP contribution in [0.1, 0.15) is 21.8 Å². The van der Waals surface area contributed by atoms with E-state index in [4.69, 9.17) is 0 Å². The van der Waals surface area contributed by atoms with Gasteiger partial charge in [0.15, 0.2) is 5.16 Å². The highest BCUT2D eigenvalue weighted by molar-refractivity contribution is 7.98. The standard InChI is InChI=1S/C20H18N6S2/c1-15-18(12-21)19(26(24-15)16-6-3-2-4-7-16)13-28-20-23-22-14-25(20)10-9-17-8-5-11-27-17/h2-8,11,14H,9-10,13H2,1H3. The van der Waals surface area contributed by atoms with Crippen LogP contribution in [0.15, 0.2) is 59.3 Å². The van der Waals surface area contributed by atoms with Crippen LogP contribution in [0.2, 0.25) is 0 Å². The first-order valence-corrected chi connectivity index (χ1v) is 10.7. The summed E-state index contributed by atoms with van der Waals surface area (Å²) in [4.78, 5) is 1.34. The Bertz CT molecular complexity index is 1090. The van der Waals surface area contributed by atoms with Gasteiger partial charge in [0.25, 0.3) is 0 Å². The maximum absolute atomic E-state index is 9.62. The van der Waals surface area contributed by atoms with E-state index >= 15 is 0 Å². The zero-order chi connectivity index (χ0) is 19.3. The summed E-state index contributed by atoms with van der Waals surface area (Å²) >= 11 is 3.34. The number of aromatic nitrogens is 5. The average Bonchev–Trinajstić information content (AvgIpc) is 3.45. The summed E-state index contributed by atoms with van der Waals surface area (Å²) in [6, 6.07) is 16.4. The molecule has 0 radical (unpaired) electrons. The van der Waals surface area contributed by atoms with Crippen LogP contribution in [-0.2, 0) is 18.7 Å². The molecule has 3 aromatic heterocycles. The van der Waals surface area contributed by atoms with Crippen molar-refractivity contribution in [3.63, 3.8) is 0 Å². The number of aryl methyl sites for hydroxylation is 3. The maximum Gasteiger partial charge on any atom is 0.191 e. The smallest absolute Gasteiger partial charge is 0.191 e. The van der Waals surface area contributed by atoms with E-state index in [0.717, 1.165) is 35.2 Å². The lowest BCUT2D eigenvalue weighted by molar-refractivity contribution is 0.637. The molecule has 0 fully saturated rings. The second kappa shape index (κ2) is 8.42.